The van der Waals surface area contributed by atoms with Crippen LogP contribution in [0.15, 0.2) is 12.2 Å². The topological polar surface area (TPSA) is 21.3 Å². The van der Waals surface area contributed by atoms with Crippen LogP contribution in [0.5, 0.6) is 0 Å². The van der Waals surface area contributed by atoms with Crippen molar-refractivity contribution in [3.63, 3.8) is 0 Å². The van der Waals surface area contributed by atoms with Gasteiger partial charge in [0.2, 0.25) is 0 Å². The Morgan fingerprint density at radius 2 is 2.31 bits per heavy atom. The molecule has 0 aliphatic heterocycles. The van der Waals surface area contributed by atoms with E-state index in [2.05, 4.69) is 11.9 Å². The SMILES string of the molecule is C=C(C)COCCNCC1CCC1. The maximum atomic E-state index is 5.37. The Labute approximate surface area is 81.4 Å². The van der Waals surface area contributed by atoms with Crippen LogP contribution >= 0.6 is 0 Å². The fraction of sp³-hybridized carbons (Fsp3) is 0.818. The first-order chi connectivity index (χ1) is 6.29. The second-order valence-electron chi connectivity index (χ2n) is 4.01. The highest BCUT2D eigenvalue weighted by Gasteiger charge is 2.15. The summed E-state index contributed by atoms with van der Waals surface area (Å²) < 4.78 is 5.37. The fourth-order valence-corrected chi connectivity index (χ4v) is 1.39. The van der Waals surface area contributed by atoms with E-state index >= 15 is 0 Å². The maximum Gasteiger partial charge on any atom is 0.0672 e. The molecule has 0 radical (unpaired) electrons. The Balaban J connectivity index is 1.75. The Kier molecular flexibility index (Phi) is 5.09. The van der Waals surface area contributed by atoms with E-state index in [0.717, 1.165) is 24.6 Å². The smallest absolute Gasteiger partial charge is 0.0672 e. The zero-order chi connectivity index (χ0) is 9.52. The summed E-state index contributed by atoms with van der Waals surface area (Å²) in [4.78, 5) is 0. The van der Waals surface area contributed by atoms with E-state index in [1.54, 1.807) is 0 Å². The van der Waals surface area contributed by atoms with Gasteiger partial charge in [-0.25, -0.2) is 0 Å². The molecule has 1 aliphatic carbocycles. The summed E-state index contributed by atoms with van der Waals surface area (Å²) in [6.45, 7) is 9.42. The molecule has 2 heteroatoms. The molecular formula is C11H21NO. The molecule has 0 saturated heterocycles. The average molecular weight is 183 g/mol. The molecular weight excluding hydrogens is 162 g/mol. The van der Waals surface area contributed by atoms with Gasteiger partial charge in [-0.05, 0) is 32.2 Å². The van der Waals surface area contributed by atoms with E-state index in [1.165, 1.54) is 25.8 Å². The summed E-state index contributed by atoms with van der Waals surface area (Å²) in [5.74, 6) is 0.946. The van der Waals surface area contributed by atoms with Gasteiger partial charge < -0.3 is 10.1 Å². The number of ether oxygens (including phenoxy) is 1. The van der Waals surface area contributed by atoms with Gasteiger partial charge in [0.15, 0.2) is 0 Å². The third-order valence-corrected chi connectivity index (χ3v) is 2.43. The molecule has 1 rings (SSSR count). The first-order valence-corrected chi connectivity index (χ1v) is 5.22. The molecule has 0 heterocycles. The van der Waals surface area contributed by atoms with E-state index < -0.39 is 0 Å². The van der Waals surface area contributed by atoms with E-state index in [4.69, 9.17) is 4.74 Å². The molecule has 0 amide bonds. The van der Waals surface area contributed by atoms with Crippen LogP contribution in [0.25, 0.3) is 0 Å². The van der Waals surface area contributed by atoms with Crippen LogP contribution in [0.3, 0.4) is 0 Å². The molecule has 0 spiro atoms. The molecule has 13 heavy (non-hydrogen) atoms. The van der Waals surface area contributed by atoms with E-state index in [0.29, 0.717) is 6.61 Å². The molecule has 0 aromatic heterocycles. The lowest BCUT2D eigenvalue weighted by Crippen LogP contribution is -2.29. The van der Waals surface area contributed by atoms with Gasteiger partial charge in [-0.3, -0.25) is 0 Å². The van der Waals surface area contributed by atoms with Crippen molar-refractivity contribution in [2.24, 2.45) is 5.92 Å². The van der Waals surface area contributed by atoms with Crippen molar-refractivity contribution in [3.8, 4) is 0 Å². The summed E-state index contributed by atoms with van der Waals surface area (Å²) >= 11 is 0. The fourth-order valence-electron chi connectivity index (χ4n) is 1.39. The minimum atomic E-state index is 0.700. The molecule has 2 nitrogen and oxygen atoms in total. The van der Waals surface area contributed by atoms with Gasteiger partial charge in [0, 0.05) is 6.54 Å². The van der Waals surface area contributed by atoms with Crippen LogP contribution in [0, 0.1) is 5.92 Å². The third kappa shape index (κ3) is 5.06. The molecule has 1 aliphatic rings. The highest BCUT2D eigenvalue weighted by molar-refractivity contribution is 4.87. The van der Waals surface area contributed by atoms with Crippen LogP contribution in [-0.4, -0.2) is 26.3 Å². The highest BCUT2D eigenvalue weighted by Crippen LogP contribution is 2.24. The van der Waals surface area contributed by atoms with Crippen molar-refractivity contribution >= 4 is 0 Å². The zero-order valence-electron chi connectivity index (χ0n) is 8.64. The monoisotopic (exact) mass is 183 g/mol. The maximum absolute atomic E-state index is 5.37. The lowest BCUT2D eigenvalue weighted by molar-refractivity contribution is 0.155. The predicted octanol–water partition coefficient (Wildman–Crippen LogP) is 1.97. The van der Waals surface area contributed by atoms with Gasteiger partial charge in [0.1, 0.15) is 0 Å². The van der Waals surface area contributed by atoms with Crippen LogP contribution < -0.4 is 5.32 Å². The quantitative estimate of drug-likeness (QED) is 0.481. The van der Waals surface area contributed by atoms with Crippen LogP contribution in [0.1, 0.15) is 26.2 Å². The largest absolute Gasteiger partial charge is 0.376 e. The Bertz CT molecular complexity index is 152. The lowest BCUT2D eigenvalue weighted by atomic mass is 9.85. The van der Waals surface area contributed by atoms with Crippen molar-refractivity contribution in [1.29, 1.82) is 0 Å². The van der Waals surface area contributed by atoms with Gasteiger partial charge in [-0.15, -0.1) is 0 Å². The molecule has 1 saturated carbocycles. The number of rotatable bonds is 7. The van der Waals surface area contributed by atoms with Gasteiger partial charge >= 0.3 is 0 Å². The van der Waals surface area contributed by atoms with Crippen molar-refractivity contribution in [2.45, 2.75) is 26.2 Å². The lowest BCUT2D eigenvalue weighted by Gasteiger charge is -2.25. The van der Waals surface area contributed by atoms with Crippen molar-refractivity contribution in [3.05, 3.63) is 12.2 Å². The summed E-state index contributed by atoms with van der Waals surface area (Å²) in [6, 6.07) is 0. The van der Waals surface area contributed by atoms with E-state index in [9.17, 15) is 0 Å². The van der Waals surface area contributed by atoms with Crippen molar-refractivity contribution in [2.75, 3.05) is 26.3 Å². The molecule has 76 valence electrons. The summed E-state index contributed by atoms with van der Waals surface area (Å²) in [7, 11) is 0. The van der Waals surface area contributed by atoms with Crippen LogP contribution in [-0.2, 0) is 4.74 Å². The van der Waals surface area contributed by atoms with Gasteiger partial charge in [-0.2, -0.15) is 0 Å². The molecule has 1 fully saturated rings. The Morgan fingerprint density at radius 1 is 1.54 bits per heavy atom. The zero-order valence-corrected chi connectivity index (χ0v) is 8.64. The van der Waals surface area contributed by atoms with Crippen LogP contribution in [0.2, 0.25) is 0 Å². The van der Waals surface area contributed by atoms with Crippen molar-refractivity contribution < 1.29 is 4.74 Å². The third-order valence-electron chi connectivity index (χ3n) is 2.43. The minimum absolute atomic E-state index is 0.700. The average Bonchev–Trinajstić information content (AvgIpc) is 1.99. The molecule has 0 aromatic carbocycles. The second kappa shape index (κ2) is 6.17. The van der Waals surface area contributed by atoms with Gasteiger partial charge in [0.05, 0.1) is 13.2 Å². The standard InChI is InChI=1S/C11H21NO/c1-10(2)9-13-7-6-12-8-11-4-3-5-11/h11-12H,1,3-9H2,2H3. The van der Waals surface area contributed by atoms with Gasteiger partial charge in [0.25, 0.3) is 0 Å². The molecule has 1 N–H and O–H groups in total. The second-order valence-corrected chi connectivity index (χ2v) is 4.01. The number of hydrogen-bond donors (Lipinski definition) is 1. The summed E-state index contributed by atoms with van der Waals surface area (Å²) in [5.41, 5.74) is 1.10. The van der Waals surface area contributed by atoms with E-state index in [1.807, 2.05) is 6.92 Å². The number of nitrogens with one attached hydrogen (secondary N) is 1. The summed E-state index contributed by atoms with van der Waals surface area (Å²) in [5, 5.41) is 3.41. The summed E-state index contributed by atoms with van der Waals surface area (Å²) in [6.07, 6.45) is 4.26. The molecule has 0 aromatic rings. The Morgan fingerprint density at radius 3 is 2.85 bits per heavy atom. The van der Waals surface area contributed by atoms with Crippen molar-refractivity contribution in [1.82, 2.24) is 5.32 Å². The molecule has 0 atom stereocenters. The first kappa shape index (κ1) is 10.7. The van der Waals surface area contributed by atoms with Gasteiger partial charge in [-0.1, -0.05) is 18.6 Å². The normalized spacial score (nSPS) is 17.0. The van der Waals surface area contributed by atoms with Crippen LogP contribution in [0.4, 0.5) is 0 Å². The predicted molar refractivity (Wildman–Crippen MR) is 55.8 cm³/mol. The van der Waals surface area contributed by atoms with E-state index in [-0.39, 0.29) is 0 Å². The molecule has 0 unspecified atom stereocenters. The molecule has 0 bridgehead atoms. The number of hydrogen-bond acceptors (Lipinski definition) is 2. The first-order valence-electron chi connectivity index (χ1n) is 5.22. The highest BCUT2D eigenvalue weighted by atomic mass is 16.5. The minimum Gasteiger partial charge on any atom is -0.376 e. The Hall–Kier alpha value is -0.340.